The van der Waals surface area contributed by atoms with E-state index >= 15 is 0 Å². The predicted molar refractivity (Wildman–Crippen MR) is 59.6 cm³/mol. The van der Waals surface area contributed by atoms with Crippen molar-refractivity contribution in [2.75, 3.05) is 40.5 Å². The van der Waals surface area contributed by atoms with Gasteiger partial charge in [-0.3, -0.25) is 9.59 Å². The molecule has 6 nitrogen and oxygen atoms in total. The molecule has 17 heavy (non-hydrogen) atoms. The molecular weight excluding hydrogens is 226 g/mol. The van der Waals surface area contributed by atoms with Crippen molar-refractivity contribution in [3.05, 3.63) is 0 Å². The highest BCUT2D eigenvalue weighted by Crippen LogP contribution is 2.40. The third-order valence-corrected chi connectivity index (χ3v) is 2.87. The SMILES string of the molecule is COCCN(CCOC)C(=O)[C@@H]1C[C@H]1C(=O)O. The number of aliphatic carboxylic acids is 1. The molecule has 0 radical (unpaired) electrons. The minimum Gasteiger partial charge on any atom is -0.481 e. The number of amides is 1. The van der Waals surface area contributed by atoms with Gasteiger partial charge in [-0.2, -0.15) is 0 Å². The molecule has 1 N–H and O–H groups in total. The summed E-state index contributed by atoms with van der Waals surface area (Å²) in [5.41, 5.74) is 0. The van der Waals surface area contributed by atoms with Gasteiger partial charge in [0.25, 0.3) is 0 Å². The normalized spacial score (nSPS) is 22.2. The van der Waals surface area contributed by atoms with Crippen LogP contribution in [0, 0.1) is 11.8 Å². The van der Waals surface area contributed by atoms with Crippen molar-refractivity contribution in [3.63, 3.8) is 0 Å². The van der Waals surface area contributed by atoms with Gasteiger partial charge in [0.1, 0.15) is 0 Å². The van der Waals surface area contributed by atoms with Gasteiger partial charge in [-0.05, 0) is 6.42 Å². The minimum atomic E-state index is -0.887. The first-order valence-electron chi connectivity index (χ1n) is 5.61. The summed E-state index contributed by atoms with van der Waals surface area (Å²) in [6.07, 6.45) is 0.449. The fourth-order valence-electron chi connectivity index (χ4n) is 1.71. The zero-order valence-electron chi connectivity index (χ0n) is 10.2. The molecule has 0 aromatic carbocycles. The average molecular weight is 245 g/mol. The number of carboxylic acid groups (broad SMARTS) is 1. The summed E-state index contributed by atoms with van der Waals surface area (Å²) in [6, 6.07) is 0. The van der Waals surface area contributed by atoms with Gasteiger partial charge >= 0.3 is 5.97 Å². The van der Waals surface area contributed by atoms with Crippen LogP contribution in [0.2, 0.25) is 0 Å². The summed E-state index contributed by atoms with van der Waals surface area (Å²) < 4.78 is 9.85. The molecule has 1 aliphatic rings. The quantitative estimate of drug-likeness (QED) is 0.642. The van der Waals surface area contributed by atoms with E-state index in [-0.39, 0.29) is 11.8 Å². The number of carbonyl (C=O) groups excluding carboxylic acids is 1. The van der Waals surface area contributed by atoms with E-state index in [4.69, 9.17) is 14.6 Å². The molecular formula is C11H19NO5. The lowest BCUT2D eigenvalue weighted by Crippen LogP contribution is -2.38. The maximum atomic E-state index is 12.0. The van der Waals surface area contributed by atoms with Crippen LogP contribution in [0.1, 0.15) is 6.42 Å². The van der Waals surface area contributed by atoms with Crippen LogP contribution < -0.4 is 0 Å². The Labute approximate surface area is 100 Å². The molecule has 0 aliphatic heterocycles. The van der Waals surface area contributed by atoms with Gasteiger partial charge in [0, 0.05) is 27.3 Å². The number of ether oxygens (including phenoxy) is 2. The van der Waals surface area contributed by atoms with Gasteiger partial charge in [0.15, 0.2) is 0 Å². The Morgan fingerprint density at radius 2 is 1.71 bits per heavy atom. The first-order chi connectivity index (χ1) is 8.11. The number of hydrogen-bond acceptors (Lipinski definition) is 4. The first kappa shape index (κ1) is 13.9. The Morgan fingerprint density at radius 3 is 2.06 bits per heavy atom. The number of carbonyl (C=O) groups is 2. The van der Waals surface area contributed by atoms with Crippen LogP contribution in [0.25, 0.3) is 0 Å². The molecule has 0 spiro atoms. The van der Waals surface area contributed by atoms with Gasteiger partial charge in [-0.25, -0.2) is 0 Å². The maximum absolute atomic E-state index is 12.0. The fraction of sp³-hybridized carbons (Fsp3) is 0.818. The molecule has 98 valence electrons. The lowest BCUT2D eigenvalue weighted by Gasteiger charge is -2.22. The fourth-order valence-corrected chi connectivity index (χ4v) is 1.71. The van der Waals surface area contributed by atoms with Gasteiger partial charge in [-0.1, -0.05) is 0 Å². The van der Waals surface area contributed by atoms with Crippen LogP contribution in [0.5, 0.6) is 0 Å². The van der Waals surface area contributed by atoms with Crippen LogP contribution in [-0.2, 0) is 19.1 Å². The Morgan fingerprint density at radius 1 is 1.18 bits per heavy atom. The second kappa shape index (κ2) is 6.56. The van der Waals surface area contributed by atoms with Crippen molar-refractivity contribution in [3.8, 4) is 0 Å². The monoisotopic (exact) mass is 245 g/mol. The van der Waals surface area contributed by atoms with Crippen molar-refractivity contribution in [2.24, 2.45) is 11.8 Å². The standard InChI is InChI=1S/C11H19NO5/c1-16-5-3-12(4-6-17-2)10(13)8-7-9(8)11(14)15/h8-9H,3-7H2,1-2H3,(H,14,15)/t8-,9-/m1/s1. The Hall–Kier alpha value is -1.14. The van der Waals surface area contributed by atoms with Crippen LogP contribution >= 0.6 is 0 Å². The number of methoxy groups -OCH3 is 2. The van der Waals surface area contributed by atoms with E-state index in [0.717, 1.165) is 0 Å². The zero-order valence-corrected chi connectivity index (χ0v) is 10.2. The predicted octanol–water partition coefficient (Wildman–Crippen LogP) is -0.171. The summed E-state index contributed by atoms with van der Waals surface area (Å²) in [6.45, 7) is 1.84. The highest BCUT2D eigenvalue weighted by Gasteiger charge is 2.49. The number of carboxylic acids is 1. The molecule has 0 heterocycles. The smallest absolute Gasteiger partial charge is 0.307 e. The first-order valence-corrected chi connectivity index (χ1v) is 5.61. The molecule has 1 aliphatic carbocycles. The molecule has 1 amide bonds. The van der Waals surface area contributed by atoms with Gasteiger partial charge in [0.05, 0.1) is 25.0 Å². The molecule has 0 saturated heterocycles. The Balaban J connectivity index is 2.45. The van der Waals surface area contributed by atoms with Crippen molar-refractivity contribution in [2.45, 2.75) is 6.42 Å². The third kappa shape index (κ3) is 3.98. The molecule has 0 aromatic heterocycles. The van der Waals surface area contributed by atoms with E-state index in [9.17, 15) is 9.59 Å². The highest BCUT2D eigenvalue weighted by molar-refractivity contribution is 5.89. The summed E-state index contributed by atoms with van der Waals surface area (Å²) >= 11 is 0. The molecule has 0 unspecified atom stereocenters. The zero-order chi connectivity index (χ0) is 12.8. The summed E-state index contributed by atoms with van der Waals surface area (Å²) in [5.74, 6) is -1.86. The second-order valence-corrected chi connectivity index (χ2v) is 4.10. The van der Waals surface area contributed by atoms with Crippen molar-refractivity contribution < 1.29 is 24.2 Å². The summed E-state index contributed by atoms with van der Waals surface area (Å²) in [4.78, 5) is 24.3. The molecule has 1 rings (SSSR count). The molecule has 0 aromatic rings. The number of rotatable bonds is 8. The molecule has 1 fully saturated rings. The second-order valence-electron chi connectivity index (χ2n) is 4.10. The van der Waals surface area contributed by atoms with E-state index in [1.807, 2.05) is 0 Å². The Kier molecular flexibility index (Phi) is 5.37. The number of nitrogens with zero attached hydrogens (tertiary/aromatic N) is 1. The largest absolute Gasteiger partial charge is 0.481 e. The lowest BCUT2D eigenvalue weighted by molar-refractivity contribution is -0.142. The molecule has 2 atom stereocenters. The number of hydrogen-bond donors (Lipinski definition) is 1. The van der Waals surface area contributed by atoms with E-state index in [1.54, 1.807) is 19.1 Å². The molecule has 1 saturated carbocycles. The van der Waals surface area contributed by atoms with Gasteiger partial charge in [0.2, 0.25) is 5.91 Å². The van der Waals surface area contributed by atoms with Crippen LogP contribution in [0.4, 0.5) is 0 Å². The van der Waals surface area contributed by atoms with Gasteiger partial charge < -0.3 is 19.5 Å². The highest BCUT2D eigenvalue weighted by atomic mass is 16.5. The van der Waals surface area contributed by atoms with Crippen LogP contribution in [-0.4, -0.2) is 62.4 Å². The van der Waals surface area contributed by atoms with Crippen molar-refractivity contribution in [1.29, 1.82) is 0 Å². The summed E-state index contributed by atoms with van der Waals surface area (Å²) in [7, 11) is 3.13. The maximum Gasteiger partial charge on any atom is 0.307 e. The van der Waals surface area contributed by atoms with Crippen molar-refractivity contribution >= 4 is 11.9 Å². The summed E-state index contributed by atoms with van der Waals surface area (Å²) in [5, 5.41) is 8.79. The molecule has 6 heteroatoms. The lowest BCUT2D eigenvalue weighted by atomic mass is 10.2. The topological polar surface area (TPSA) is 76.1 Å². The molecule has 0 bridgehead atoms. The minimum absolute atomic E-state index is 0.105. The van der Waals surface area contributed by atoms with Crippen LogP contribution in [0.3, 0.4) is 0 Å². The van der Waals surface area contributed by atoms with E-state index in [2.05, 4.69) is 0 Å². The van der Waals surface area contributed by atoms with E-state index in [1.165, 1.54) is 0 Å². The van der Waals surface area contributed by atoms with Gasteiger partial charge in [-0.15, -0.1) is 0 Å². The van der Waals surface area contributed by atoms with Crippen LogP contribution in [0.15, 0.2) is 0 Å². The Bertz CT molecular complexity index is 273. The third-order valence-electron chi connectivity index (χ3n) is 2.87. The van der Waals surface area contributed by atoms with E-state index in [0.29, 0.717) is 32.7 Å². The van der Waals surface area contributed by atoms with E-state index < -0.39 is 11.9 Å². The average Bonchev–Trinajstić information content (AvgIpc) is 3.08. The van der Waals surface area contributed by atoms with Crippen molar-refractivity contribution in [1.82, 2.24) is 4.90 Å².